The fourth-order valence-electron chi connectivity index (χ4n) is 4.29. The number of halogens is 1. The van der Waals surface area contributed by atoms with Crippen LogP contribution in [-0.4, -0.2) is 46.1 Å². The summed E-state index contributed by atoms with van der Waals surface area (Å²) in [6, 6.07) is 1.91. The van der Waals surface area contributed by atoms with Gasteiger partial charge in [-0.1, -0.05) is 11.6 Å². The van der Waals surface area contributed by atoms with Crippen molar-refractivity contribution in [2.45, 2.75) is 84.2 Å². The van der Waals surface area contributed by atoms with Gasteiger partial charge in [0.05, 0.1) is 21.9 Å². The van der Waals surface area contributed by atoms with Crippen molar-refractivity contribution in [3.05, 3.63) is 28.0 Å². The first-order valence-corrected chi connectivity index (χ1v) is 10.7. The molecule has 2 aliphatic heterocycles. The molecule has 0 unspecified atom stereocenters. The molecule has 1 aromatic heterocycles. The SMILES string of the molecule is CC(=O)NC(C)(C)[C@H]1OC2(CCN(C(=O)OC(C)(C)C)CC2)c2nc(C)c(Cl)cc21. The number of likely N-dealkylation sites (tertiary alicyclic amines) is 1. The normalized spacial score (nSPS) is 20.8. The molecule has 2 aliphatic rings. The van der Waals surface area contributed by atoms with E-state index in [-0.39, 0.29) is 12.0 Å². The summed E-state index contributed by atoms with van der Waals surface area (Å²) >= 11 is 6.39. The number of nitrogens with one attached hydrogen (secondary N) is 1. The van der Waals surface area contributed by atoms with Gasteiger partial charge in [0.2, 0.25) is 5.91 Å². The van der Waals surface area contributed by atoms with Gasteiger partial charge in [0.15, 0.2) is 0 Å². The van der Waals surface area contributed by atoms with Crippen molar-refractivity contribution in [2.24, 2.45) is 0 Å². The van der Waals surface area contributed by atoms with E-state index in [1.54, 1.807) is 4.90 Å². The van der Waals surface area contributed by atoms with Crippen molar-refractivity contribution in [2.75, 3.05) is 13.1 Å². The lowest BCUT2D eigenvalue weighted by Crippen LogP contribution is -2.50. The monoisotopic (exact) mass is 437 g/mol. The molecule has 2 amide bonds. The molecule has 7 nitrogen and oxygen atoms in total. The van der Waals surface area contributed by atoms with E-state index in [2.05, 4.69) is 5.32 Å². The van der Waals surface area contributed by atoms with Crippen molar-refractivity contribution >= 4 is 23.6 Å². The maximum atomic E-state index is 12.5. The molecule has 0 radical (unpaired) electrons. The van der Waals surface area contributed by atoms with Gasteiger partial charge in [-0.05, 0) is 60.5 Å². The molecule has 0 aromatic carbocycles. The number of aryl methyl sites for hydroxylation is 1. The highest BCUT2D eigenvalue weighted by molar-refractivity contribution is 6.31. The highest BCUT2D eigenvalue weighted by Gasteiger charge is 2.53. The van der Waals surface area contributed by atoms with E-state index in [0.717, 1.165) is 17.0 Å². The molecule has 3 rings (SSSR count). The van der Waals surface area contributed by atoms with Crippen LogP contribution in [0.15, 0.2) is 6.07 Å². The van der Waals surface area contributed by atoms with Crippen LogP contribution in [0.3, 0.4) is 0 Å². The Morgan fingerprint density at radius 3 is 2.40 bits per heavy atom. The summed E-state index contributed by atoms with van der Waals surface area (Å²) in [5.41, 5.74) is 0.694. The average molecular weight is 438 g/mol. The van der Waals surface area contributed by atoms with E-state index in [1.807, 2.05) is 47.6 Å². The van der Waals surface area contributed by atoms with Crippen LogP contribution in [-0.2, 0) is 19.9 Å². The number of hydrogen-bond donors (Lipinski definition) is 1. The Hall–Kier alpha value is -1.86. The molecule has 0 bridgehead atoms. The topological polar surface area (TPSA) is 80.8 Å². The van der Waals surface area contributed by atoms with Crippen LogP contribution in [0, 0.1) is 6.92 Å². The highest BCUT2D eigenvalue weighted by atomic mass is 35.5. The number of nitrogens with zero attached hydrogens (tertiary/aromatic N) is 2. The molecule has 1 fully saturated rings. The largest absolute Gasteiger partial charge is 0.444 e. The smallest absolute Gasteiger partial charge is 0.410 e. The third kappa shape index (κ3) is 4.42. The van der Waals surface area contributed by atoms with Crippen LogP contribution < -0.4 is 5.32 Å². The summed E-state index contributed by atoms with van der Waals surface area (Å²) in [4.78, 5) is 30.8. The minimum absolute atomic E-state index is 0.128. The third-order valence-electron chi connectivity index (χ3n) is 5.61. The van der Waals surface area contributed by atoms with Gasteiger partial charge in [-0.3, -0.25) is 9.78 Å². The van der Waals surface area contributed by atoms with Gasteiger partial charge in [0.25, 0.3) is 0 Å². The van der Waals surface area contributed by atoms with Crippen LogP contribution in [0.4, 0.5) is 4.79 Å². The molecule has 30 heavy (non-hydrogen) atoms. The van der Waals surface area contributed by atoms with Crippen LogP contribution in [0.2, 0.25) is 5.02 Å². The second-order valence-corrected chi connectivity index (χ2v) is 10.3. The predicted molar refractivity (Wildman–Crippen MR) is 114 cm³/mol. The molecular weight excluding hydrogens is 406 g/mol. The lowest BCUT2D eigenvalue weighted by atomic mass is 9.85. The average Bonchev–Trinajstić information content (AvgIpc) is 2.88. The van der Waals surface area contributed by atoms with E-state index in [4.69, 9.17) is 26.1 Å². The number of pyridine rings is 1. The summed E-state index contributed by atoms with van der Waals surface area (Å²) in [5, 5.41) is 3.56. The van der Waals surface area contributed by atoms with E-state index < -0.39 is 22.8 Å². The molecule has 1 N–H and O–H groups in total. The van der Waals surface area contributed by atoms with Gasteiger partial charge in [-0.15, -0.1) is 0 Å². The molecule has 1 aromatic rings. The zero-order chi connectivity index (χ0) is 22.5. The molecule has 166 valence electrons. The Morgan fingerprint density at radius 2 is 1.87 bits per heavy atom. The summed E-state index contributed by atoms with van der Waals surface area (Å²) in [6.45, 7) is 13.8. The maximum absolute atomic E-state index is 12.5. The molecule has 0 saturated carbocycles. The summed E-state index contributed by atoms with van der Waals surface area (Å²) in [5.74, 6) is -0.128. The lowest BCUT2D eigenvalue weighted by molar-refractivity contribution is -0.141. The molecular formula is C22H32ClN3O4. The zero-order valence-electron chi connectivity index (χ0n) is 18.9. The summed E-state index contributed by atoms with van der Waals surface area (Å²) in [6.07, 6.45) is 0.487. The maximum Gasteiger partial charge on any atom is 0.410 e. The van der Waals surface area contributed by atoms with Gasteiger partial charge in [-0.2, -0.15) is 0 Å². The Morgan fingerprint density at radius 1 is 1.27 bits per heavy atom. The van der Waals surface area contributed by atoms with Gasteiger partial charge in [-0.25, -0.2) is 4.79 Å². The first kappa shape index (κ1) is 22.8. The minimum Gasteiger partial charge on any atom is -0.444 e. The number of rotatable bonds is 2. The molecule has 8 heteroatoms. The zero-order valence-corrected chi connectivity index (χ0v) is 19.6. The van der Waals surface area contributed by atoms with Gasteiger partial charge >= 0.3 is 6.09 Å². The minimum atomic E-state index is -0.646. The fraction of sp³-hybridized carbons (Fsp3) is 0.682. The summed E-state index contributed by atoms with van der Waals surface area (Å²) in [7, 11) is 0. The number of carbonyl (C=O) groups excluding carboxylic acids is 2. The molecule has 1 saturated heterocycles. The number of amides is 2. The first-order chi connectivity index (χ1) is 13.7. The van der Waals surface area contributed by atoms with Crippen LogP contribution >= 0.6 is 11.6 Å². The van der Waals surface area contributed by atoms with Crippen molar-refractivity contribution in [1.82, 2.24) is 15.2 Å². The molecule has 0 aliphatic carbocycles. The number of aromatic nitrogens is 1. The number of hydrogen-bond acceptors (Lipinski definition) is 5. The highest BCUT2D eigenvalue weighted by Crippen LogP contribution is 2.52. The van der Waals surface area contributed by atoms with Crippen molar-refractivity contribution in [3.63, 3.8) is 0 Å². The Labute approximate surface area is 183 Å². The van der Waals surface area contributed by atoms with E-state index in [9.17, 15) is 9.59 Å². The van der Waals surface area contributed by atoms with E-state index in [0.29, 0.717) is 31.0 Å². The number of piperidine rings is 1. The lowest BCUT2D eigenvalue weighted by Gasteiger charge is -2.41. The second kappa shape index (κ2) is 7.68. The predicted octanol–water partition coefficient (Wildman–Crippen LogP) is 4.26. The number of ether oxygens (including phenoxy) is 2. The second-order valence-electron chi connectivity index (χ2n) is 9.86. The molecule has 1 atom stereocenters. The standard InChI is InChI=1S/C22H32ClN3O4/c1-13-16(23)12-15-17(24-13)22(29-18(15)21(6,7)25-14(2)27)8-10-26(11-9-22)19(28)30-20(3,4)5/h12,18H,8-11H2,1-7H3,(H,25,27)/t18-/m0/s1. The fourth-order valence-corrected chi connectivity index (χ4v) is 4.45. The Kier molecular flexibility index (Phi) is 5.84. The Bertz CT molecular complexity index is 855. The van der Waals surface area contributed by atoms with Gasteiger partial charge in [0, 0.05) is 25.6 Å². The summed E-state index contributed by atoms with van der Waals surface area (Å²) < 4.78 is 12.2. The quantitative estimate of drug-likeness (QED) is 0.747. The van der Waals surface area contributed by atoms with Crippen molar-refractivity contribution in [3.8, 4) is 0 Å². The third-order valence-corrected chi connectivity index (χ3v) is 6.00. The number of fused-ring (bicyclic) bond motifs is 2. The van der Waals surface area contributed by atoms with Crippen molar-refractivity contribution in [1.29, 1.82) is 0 Å². The van der Waals surface area contributed by atoms with E-state index in [1.165, 1.54) is 6.92 Å². The number of carbonyl (C=O) groups is 2. The van der Waals surface area contributed by atoms with Gasteiger partial charge in [0.1, 0.15) is 17.3 Å². The van der Waals surface area contributed by atoms with Crippen LogP contribution in [0.5, 0.6) is 0 Å². The van der Waals surface area contributed by atoms with Crippen molar-refractivity contribution < 1.29 is 19.1 Å². The van der Waals surface area contributed by atoms with Crippen LogP contribution in [0.25, 0.3) is 0 Å². The Balaban J connectivity index is 1.90. The first-order valence-electron chi connectivity index (χ1n) is 10.4. The molecule has 3 heterocycles. The molecule has 1 spiro atoms. The van der Waals surface area contributed by atoms with E-state index >= 15 is 0 Å². The van der Waals surface area contributed by atoms with Crippen LogP contribution in [0.1, 0.15) is 77.4 Å². The van der Waals surface area contributed by atoms with Gasteiger partial charge < -0.3 is 19.7 Å².